The van der Waals surface area contributed by atoms with E-state index in [1.54, 1.807) is 12.1 Å². The molecule has 0 aliphatic rings. The van der Waals surface area contributed by atoms with E-state index in [9.17, 15) is 0 Å². The number of aliphatic hydroxyl groups excluding tert-OH is 4. The maximum atomic E-state index is 9.00. The summed E-state index contributed by atoms with van der Waals surface area (Å²) in [4.78, 5) is 7.14. The number of aromatic nitrogens is 1. The van der Waals surface area contributed by atoms with Crippen molar-refractivity contribution < 1.29 is 20.4 Å². The molecule has 108 valence electrons. The predicted octanol–water partition coefficient (Wildman–Crippen LogP) is -0.753. The van der Waals surface area contributed by atoms with Gasteiger partial charge in [0.2, 0.25) is 0 Å². The Morgan fingerprint density at radius 1 is 0.842 bits per heavy atom. The summed E-state index contributed by atoms with van der Waals surface area (Å²) < 4.78 is 0.805. The van der Waals surface area contributed by atoms with Gasteiger partial charge in [-0.15, -0.1) is 0 Å². The normalized spacial score (nSPS) is 11.5. The van der Waals surface area contributed by atoms with E-state index in [2.05, 4.69) is 20.9 Å². The van der Waals surface area contributed by atoms with E-state index in [0.29, 0.717) is 24.5 Å². The standard InChI is InChI=1S/C11H18BrN3O4/c12-9-1-10(3-14(5-16)6-17)13-11(2-9)4-15(7-18)8-19/h1-2,16-19H,3-8H2. The minimum atomic E-state index is -0.264. The number of rotatable bonds is 8. The van der Waals surface area contributed by atoms with E-state index < -0.39 is 0 Å². The first-order valence-electron chi connectivity index (χ1n) is 5.66. The summed E-state index contributed by atoms with van der Waals surface area (Å²) >= 11 is 3.35. The Hall–Kier alpha value is -0.610. The number of pyridine rings is 1. The fourth-order valence-electron chi connectivity index (χ4n) is 1.52. The molecule has 0 amide bonds. The fraction of sp³-hybridized carbons (Fsp3) is 0.545. The van der Waals surface area contributed by atoms with Crippen molar-refractivity contribution in [3.05, 3.63) is 28.0 Å². The monoisotopic (exact) mass is 335 g/mol. The van der Waals surface area contributed by atoms with E-state index in [1.807, 2.05) is 0 Å². The van der Waals surface area contributed by atoms with Gasteiger partial charge in [0.15, 0.2) is 0 Å². The Morgan fingerprint density at radius 3 is 1.53 bits per heavy atom. The largest absolute Gasteiger partial charge is 0.381 e. The van der Waals surface area contributed by atoms with Crippen molar-refractivity contribution in [3.63, 3.8) is 0 Å². The smallest absolute Gasteiger partial charge is 0.0977 e. The Kier molecular flexibility index (Phi) is 7.39. The molecule has 1 rings (SSSR count). The second-order valence-corrected chi connectivity index (χ2v) is 4.91. The molecule has 0 radical (unpaired) electrons. The lowest BCUT2D eigenvalue weighted by molar-refractivity contribution is 0.0204. The van der Waals surface area contributed by atoms with Crippen molar-refractivity contribution in [3.8, 4) is 0 Å². The molecule has 8 heteroatoms. The number of hydrogen-bond donors (Lipinski definition) is 4. The minimum Gasteiger partial charge on any atom is -0.381 e. The zero-order valence-corrected chi connectivity index (χ0v) is 12.0. The molecule has 4 N–H and O–H groups in total. The molecule has 0 aliphatic heterocycles. The third-order valence-corrected chi connectivity index (χ3v) is 2.93. The minimum absolute atomic E-state index is 0.264. The first-order chi connectivity index (χ1) is 9.12. The molecule has 19 heavy (non-hydrogen) atoms. The van der Waals surface area contributed by atoms with Crippen molar-refractivity contribution in [1.29, 1.82) is 0 Å². The van der Waals surface area contributed by atoms with Crippen LogP contribution in [-0.2, 0) is 13.1 Å². The molecule has 1 aromatic rings. The van der Waals surface area contributed by atoms with Gasteiger partial charge in [0, 0.05) is 17.6 Å². The van der Waals surface area contributed by atoms with Crippen molar-refractivity contribution in [2.75, 3.05) is 26.9 Å². The number of hydrogen-bond acceptors (Lipinski definition) is 7. The highest BCUT2D eigenvalue weighted by Crippen LogP contribution is 2.15. The average Bonchev–Trinajstić information content (AvgIpc) is 2.41. The fourth-order valence-corrected chi connectivity index (χ4v) is 2.05. The van der Waals surface area contributed by atoms with E-state index in [1.165, 1.54) is 9.80 Å². The van der Waals surface area contributed by atoms with Crippen LogP contribution in [0, 0.1) is 0 Å². The zero-order chi connectivity index (χ0) is 14.3. The molecule has 0 atom stereocenters. The zero-order valence-electron chi connectivity index (χ0n) is 10.4. The molecule has 1 aromatic heterocycles. The van der Waals surface area contributed by atoms with Crippen LogP contribution in [0.25, 0.3) is 0 Å². The van der Waals surface area contributed by atoms with Crippen LogP contribution in [0.3, 0.4) is 0 Å². The van der Waals surface area contributed by atoms with Crippen LogP contribution >= 0.6 is 15.9 Å². The molecule has 0 aliphatic carbocycles. The van der Waals surface area contributed by atoms with Gasteiger partial charge in [0.05, 0.1) is 38.3 Å². The summed E-state index contributed by atoms with van der Waals surface area (Å²) in [5, 5.41) is 36.0. The van der Waals surface area contributed by atoms with E-state index in [4.69, 9.17) is 20.4 Å². The van der Waals surface area contributed by atoms with Gasteiger partial charge >= 0.3 is 0 Å². The Morgan fingerprint density at radius 2 is 1.21 bits per heavy atom. The molecule has 0 spiro atoms. The maximum Gasteiger partial charge on any atom is 0.0977 e. The molecule has 0 saturated carbocycles. The summed E-state index contributed by atoms with van der Waals surface area (Å²) in [5.41, 5.74) is 1.34. The maximum absolute atomic E-state index is 9.00. The Bertz CT molecular complexity index is 354. The number of halogens is 1. The highest BCUT2D eigenvalue weighted by molar-refractivity contribution is 9.10. The molecule has 7 nitrogen and oxygen atoms in total. The van der Waals surface area contributed by atoms with Gasteiger partial charge in [-0.1, -0.05) is 15.9 Å². The van der Waals surface area contributed by atoms with Crippen LogP contribution in [-0.4, -0.2) is 62.1 Å². The van der Waals surface area contributed by atoms with Crippen LogP contribution < -0.4 is 0 Å². The third-order valence-electron chi connectivity index (χ3n) is 2.47. The average molecular weight is 336 g/mol. The Labute approximate surface area is 119 Å². The lowest BCUT2D eigenvalue weighted by atomic mass is 10.3. The highest BCUT2D eigenvalue weighted by atomic mass is 79.9. The van der Waals surface area contributed by atoms with Crippen LogP contribution in [0.2, 0.25) is 0 Å². The highest BCUT2D eigenvalue weighted by Gasteiger charge is 2.09. The second-order valence-electron chi connectivity index (χ2n) is 3.99. The topological polar surface area (TPSA) is 100 Å². The summed E-state index contributed by atoms with van der Waals surface area (Å²) in [6.07, 6.45) is 0. The van der Waals surface area contributed by atoms with Crippen LogP contribution in [0.4, 0.5) is 0 Å². The van der Waals surface area contributed by atoms with E-state index in [-0.39, 0.29) is 26.9 Å². The molecule has 0 aromatic carbocycles. The van der Waals surface area contributed by atoms with Gasteiger partial charge < -0.3 is 20.4 Å². The SMILES string of the molecule is OCN(CO)Cc1cc(Br)cc(CN(CO)CO)n1. The van der Waals surface area contributed by atoms with Gasteiger partial charge in [-0.2, -0.15) is 0 Å². The van der Waals surface area contributed by atoms with Crippen molar-refractivity contribution in [1.82, 2.24) is 14.8 Å². The number of nitrogens with zero attached hydrogens (tertiary/aromatic N) is 3. The molecule has 0 bridgehead atoms. The molecule has 0 saturated heterocycles. The lowest BCUT2D eigenvalue weighted by Gasteiger charge is -2.18. The summed E-state index contributed by atoms with van der Waals surface area (Å²) in [6, 6.07) is 3.56. The van der Waals surface area contributed by atoms with Crippen LogP contribution in [0.1, 0.15) is 11.4 Å². The van der Waals surface area contributed by atoms with Gasteiger partial charge in [0.1, 0.15) is 0 Å². The quantitative estimate of drug-likeness (QED) is 0.464. The van der Waals surface area contributed by atoms with Crippen molar-refractivity contribution >= 4 is 15.9 Å². The van der Waals surface area contributed by atoms with Gasteiger partial charge in [-0.3, -0.25) is 14.8 Å². The van der Waals surface area contributed by atoms with Gasteiger partial charge in [0.25, 0.3) is 0 Å². The second kappa shape index (κ2) is 8.54. The van der Waals surface area contributed by atoms with Crippen LogP contribution in [0.15, 0.2) is 16.6 Å². The van der Waals surface area contributed by atoms with Gasteiger partial charge in [-0.05, 0) is 12.1 Å². The molecule has 0 unspecified atom stereocenters. The first-order valence-corrected chi connectivity index (χ1v) is 6.45. The molecular formula is C11H18BrN3O4. The van der Waals surface area contributed by atoms with E-state index >= 15 is 0 Å². The van der Waals surface area contributed by atoms with Crippen molar-refractivity contribution in [2.24, 2.45) is 0 Å². The number of aliphatic hydroxyl groups is 4. The first kappa shape index (κ1) is 16.4. The van der Waals surface area contributed by atoms with Crippen LogP contribution in [0.5, 0.6) is 0 Å². The summed E-state index contributed by atoms with van der Waals surface area (Å²) in [5.74, 6) is 0. The predicted molar refractivity (Wildman–Crippen MR) is 71.4 cm³/mol. The third kappa shape index (κ3) is 5.49. The molecule has 0 fully saturated rings. The van der Waals surface area contributed by atoms with Crippen molar-refractivity contribution in [2.45, 2.75) is 13.1 Å². The van der Waals surface area contributed by atoms with E-state index in [0.717, 1.165) is 4.47 Å². The molecular weight excluding hydrogens is 318 g/mol. The molecule has 1 heterocycles. The summed E-state index contributed by atoms with van der Waals surface area (Å²) in [7, 11) is 0. The Balaban J connectivity index is 2.81. The lowest BCUT2D eigenvalue weighted by Crippen LogP contribution is -2.27. The van der Waals surface area contributed by atoms with Gasteiger partial charge in [-0.25, -0.2) is 0 Å². The summed E-state index contributed by atoms with van der Waals surface area (Å²) in [6.45, 7) is -0.451.